The summed E-state index contributed by atoms with van der Waals surface area (Å²) in [6.07, 6.45) is 2.02. The molecule has 0 aromatic carbocycles. The molecule has 2 unspecified atom stereocenters. The molecule has 4 heteroatoms. The maximum Gasteiger partial charge on any atom is 0.248 e. The monoisotopic (exact) mass is 186 g/mol. The molecule has 0 aliphatic carbocycles. The van der Waals surface area contributed by atoms with E-state index in [-0.39, 0.29) is 17.9 Å². The Labute approximate surface area is 79.0 Å². The van der Waals surface area contributed by atoms with E-state index < -0.39 is 0 Å². The van der Waals surface area contributed by atoms with E-state index in [2.05, 4.69) is 10.8 Å². The van der Waals surface area contributed by atoms with Crippen molar-refractivity contribution >= 4 is 5.91 Å². The summed E-state index contributed by atoms with van der Waals surface area (Å²) < 4.78 is 0. The van der Waals surface area contributed by atoms with Gasteiger partial charge in [0.15, 0.2) is 0 Å². The molecule has 1 rings (SSSR count). The van der Waals surface area contributed by atoms with Crippen molar-refractivity contribution in [3.05, 3.63) is 0 Å². The van der Waals surface area contributed by atoms with Gasteiger partial charge in [0, 0.05) is 6.04 Å². The second-order valence-electron chi connectivity index (χ2n) is 3.39. The molecule has 1 aliphatic heterocycles. The van der Waals surface area contributed by atoms with Gasteiger partial charge in [-0.1, -0.05) is 0 Å². The topological polar surface area (TPSA) is 50.4 Å². The maximum absolute atomic E-state index is 11.5. The molecular formula is C9H18N2O2. The molecule has 0 saturated carbocycles. The molecule has 0 spiro atoms. The quantitative estimate of drug-likeness (QED) is 0.629. The Bertz CT molecular complexity index is 173. The van der Waals surface area contributed by atoms with Crippen LogP contribution in [0.5, 0.6) is 0 Å². The molecule has 1 aliphatic rings. The average molecular weight is 186 g/mol. The van der Waals surface area contributed by atoms with Gasteiger partial charge in [-0.2, -0.15) is 0 Å². The lowest BCUT2D eigenvalue weighted by atomic mass is 9.91. The molecule has 4 nitrogen and oxygen atoms in total. The maximum atomic E-state index is 11.5. The van der Waals surface area contributed by atoms with Crippen LogP contribution in [-0.4, -0.2) is 25.1 Å². The molecule has 1 saturated heterocycles. The Morgan fingerprint density at radius 2 is 2.46 bits per heavy atom. The SMILES string of the molecule is CCONC(=O)C1CCCNC1C. The standard InChI is InChI=1S/C9H18N2O2/c1-3-13-11-9(12)8-5-4-6-10-7(8)2/h7-8,10H,3-6H2,1-2H3,(H,11,12). The van der Waals surface area contributed by atoms with Crippen molar-refractivity contribution in [3.8, 4) is 0 Å². The molecule has 2 atom stereocenters. The minimum Gasteiger partial charge on any atom is -0.313 e. The van der Waals surface area contributed by atoms with Gasteiger partial charge in [-0.3, -0.25) is 9.63 Å². The van der Waals surface area contributed by atoms with Crippen LogP contribution in [0.2, 0.25) is 0 Å². The predicted molar refractivity (Wildman–Crippen MR) is 50.0 cm³/mol. The van der Waals surface area contributed by atoms with Gasteiger partial charge < -0.3 is 5.32 Å². The van der Waals surface area contributed by atoms with Crippen LogP contribution in [0.15, 0.2) is 0 Å². The van der Waals surface area contributed by atoms with E-state index in [9.17, 15) is 4.79 Å². The highest BCUT2D eigenvalue weighted by atomic mass is 16.6. The summed E-state index contributed by atoms with van der Waals surface area (Å²) >= 11 is 0. The summed E-state index contributed by atoms with van der Waals surface area (Å²) in [7, 11) is 0. The lowest BCUT2D eigenvalue weighted by molar-refractivity contribution is -0.139. The average Bonchev–Trinajstić information content (AvgIpc) is 2.15. The molecular weight excluding hydrogens is 168 g/mol. The van der Waals surface area contributed by atoms with Crippen molar-refractivity contribution in [2.24, 2.45) is 5.92 Å². The number of amides is 1. The summed E-state index contributed by atoms with van der Waals surface area (Å²) in [4.78, 5) is 16.4. The van der Waals surface area contributed by atoms with E-state index >= 15 is 0 Å². The van der Waals surface area contributed by atoms with Crippen LogP contribution in [0.25, 0.3) is 0 Å². The number of nitrogens with one attached hydrogen (secondary N) is 2. The number of carbonyl (C=O) groups excluding carboxylic acids is 1. The van der Waals surface area contributed by atoms with Crippen LogP contribution in [0.3, 0.4) is 0 Å². The first kappa shape index (κ1) is 10.5. The van der Waals surface area contributed by atoms with E-state index in [1.165, 1.54) is 0 Å². The number of hydrogen-bond donors (Lipinski definition) is 2. The molecule has 0 radical (unpaired) electrons. The highest BCUT2D eigenvalue weighted by molar-refractivity contribution is 5.78. The number of rotatable bonds is 3. The lowest BCUT2D eigenvalue weighted by Gasteiger charge is -2.28. The Morgan fingerprint density at radius 1 is 1.69 bits per heavy atom. The van der Waals surface area contributed by atoms with E-state index in [0.29, 0.717) is 6.61 Å². The van der Waals surface area contributed by atoms with Gasteiger partial charge in [0.05, 0.1) is 12.5 Å². The van der Waals surface area contributed by atoms with Crippen LogP contribution in [0.4, 0.5) is 0 Å². The minimum atomic E-state index is 0.00144. The van der Waals surface area contributed by atoms with Gasteiger partial charge in [-0.15, -0.1) is 0 Å². The lowest BCUT2D eigenvalue weighted by Crippen LogP contribution is -2.46. The van der Waals surface area contributed by atoms with Crippen LogP contribution in [-0.2, 0) is 9.63 Å². The van der Waals surface area contributed by atoms with Crippen LogP contribution < -0.4 is 10.8 Å². The van der Waals surface area contributed by atoms with Crippen molar-refractivity contribution in [3.63, 3.8) is 0 Å². The van der Waals surface area contributed by atoms with Gasteiger partial charge in [0.2, 0.25) is 5.91 Å². The Balaban J connectivity index is 2.35. The summed E-state index contributed by atoms with van der Waals surface area (Å²) in [5.41, 5.74) is 2.45. The van der Waals surface area contributed by atoms with E-state index in [4.69, 9.17) is 4.84 Å². The van der Waals surface area contributed by atoms with Gasteiger partial charge in [-0.25, -0.2) is 5.48 Å². The fourth-order valence-electron chi connectivity index (χ4n) is 1.62. The summed E-state index contributed by atoms with van der Waals surface area (Å²) in [5, 5.41) is 3.27. The second kappa shape index (κ2) is 5.19. The third kappa shape index (κ3) is 2.97. The summed E-state index contributed by atoms with van der Waals surface area (Å²) in [5.74, 6) is 0.0573. The Kier molecular flexibility index (Phi) is 4.18. The normalized spacial score (nSPS) is 28.5. The van der Waals surface area contributed by atoms with Crippen molar-refractivity contribution in [1.82, 2.24) is 10.8 Å². The summed E-state index contributed by atoms with van der Waals surface area (Å²) in [6.45, 7) is 5.41. The molecule has 76 valence electrons. The number of hydroxylamine groups is 1. The molecule has 0 aromatic rings. The molecule has 2 N–H and O–H groups in total. The highest BCUT2D eigenvalue weighted by Crippen LogP contribution is 2.15. The zero-order valence-corrected chi connectivity index (χ0v) is 8.30. The first-order chi connectivity index (χ1) is 6.25. The third-order valence-corrected chi connectivity index (χ3v) is 2.42. The van der Waals surface area contributed by atoms with Gasteiger partial charge >= 0.3 is 0 Å². The van der Waals surface area contributed by atoms with E-state index in [0.717, 1.165) is 19.4 Å². The van der Waals surface area contributed by atoms with Gasteiger partial charge in [0.1, 0.15) is 0 Å². The van der Waals surface area contributed by atoms with Crippen molar-refractivity contribution in [2.75, 3.05) is 13.2 Å². The number of hydrogen-bond acceptors (Lipinski definition) is 3. The van der Waals surface area contributed by atoms with E-state index in [1.807, 2.05) is 13.8 Å². The molecule has 0 bridgehead atoms. The molecule has 0 aromatic heterocycles. The van der Waals surface area contributed by atoms with Crippen molar-refractivity contribution in [2.45, 2.75) is 32.7 Å². The second-order valence-corrected chi connectivity index (χ2v) is 3.39. The number of carbonyl (C=O) groups is 1. The first-order valence-electron chi connectivity index (χ1n) is 4.90. The van der Waals surface area contributed by atoms with Gasteiger partial charge in [-0.05, 0) is 33.2 Å². The Morgan fingerprint density at radius 3 is 3.08 bits per heavy atom. The molecule has 1 heterocycles. The first-order valence-corrected chi connectivity index (χ1v) is 4.90. The highest BCUT2D eigenvalue weighted by Gasteiger charge is 2.27. The van der Waals surface area contributed by atoms with Crippen molar-refractivity contribution in [1.29, 1.82) is 0 Å². The third-order valence-electron chi connectivity index (χ3n) is 2.42. The van der Waals surface area contributed by atoms with Crippen LogP contribution in [0, 0.1) is 5.92 Å². The minimum absolute atomic E-state index is 0.00144. The van der Waals surface area contributed by atoms with Crippen molar-refractivity contribution < 1.29 is 9.63 Å². The smallest absolute Gasteiger partial charge is 0.248 e. The zero-order valence-electron chi connectivity index (χ0n) is 8.30. The molecule has 1 fully saturated rings. The van der Waals surface area contributed by atoms with E-state index in [1.54, 1.807) is 0 Å². The zero-order chi connectivity index (χ0) is 9.68. The van der Waals surface area contributed by atoms with Gasteiger partial charge in [0.25, 0.3) is 0 Å². The molecule has 1 amide bonds. The van der Waals surface area contributed by atoms with Crippen LogP contribution >= 0.6 is 0 Å². The fourth-order valence-corrected chi connectivity index (χ4v) is 1.62. The summed E-state index contributed by atoms with van der Waals surface area (Å²) in [6, 6.07) is 0.259. The molecule has 13 heavy (non-hydrogen) atoms. The largest absolute Gasteiger partial charge is 0.313 e. The number of piperidine rings is 1. The van der Waals surface area contributed by atoms with Crippen LogP contribution in [0.1, 0.15) is 26.7 Å². The fraction of sp³-hybridized carbons (Fsp3) is 0.889. The predicted octanol–water partition coefficient (Wildman–Crippen LogP) is 0.442. The Hall–Kier alpha value is -0.610.